The van der Waals surface area contributed by atoms with Gasteiger partial charge in [-0.1, -0.05) is 55.3 Å². The molecule has 2 N–H and O–H groups in total. The monoisotopic (exact) mass is 867 g/mol. The van der Waals surface area contributed by atoms with Crippen molar-refractivity contribution in [2.45, 2.75) is 87.9 Å². The van der Waals surface area contributed by atoms with E-state index in [2.05, 4.69) is 30.9 Å². The molecule has 12 nitrogen and oxygen atoms in total. The Bertz CT molecular complexity index is 2040. The lowest BCUT2D eigenvalue weighted by atomic mass is 9.55. The Morgan fingerprint density at radius 3 is 2.50 bits per heavy atom. The van der Waals surface area contributed by atoms with Crippen molar-refractivity contribution in [3.63, 3.8) is 0 Å². The first-order valence-corrected chi connectivity index (χ1v) is 23.0. The van der Waals surface area contributed by atoms with Crippen molar-refractivity contribution in [2.75, 3.05) is 45.3 Å². The van der Waals surface area contributed by atoms with Gasteiger partial charge >= 0.3 is 0 Å². The minimum absolute atomic E-state index is 0.0302. The van der Waals surface area contributed by atoms with Gasteiger partial charge in [-0.25, -0.2) is 0 Å². The summed E-state index contributed by atoms with van der Waals surface area (Å²) in [5.74, 6) is 0.0918. The number of benzene rings is 3. The van der Waals surface area contributed by atoms with Crippen molar-refractivity contribution in [3.8, 4) is 11.5 Å². The maximum absolute atomic E-state index is 14.6. The summed E-state index contributed by atoms with van der Waals surface area (Å²) < 4.78 is 20.8. The zero-order chi connectivity index (χ0) is 43.9. The molecule has 1 heterocycles. The predicted octanol–water partition coefficient (Wildman–Crippen LogP) is 9.37. The number of oxime groups is 1. The molecule has 1 fully saturated rings. The second-order valence-electron chi connectivity index (χ2n) is 15.9. The van der Waals surface area contributed by atoms with E-state index < -0.39 is 22.7 Å². The maximum Gasteiger partial charge on any atom is 0.269 e. The van der Waals surface area contributed by atoms with Crippen molar-refractivity contribution in [1.29, 1.82) is 0 Å². The molecule has 0 spiro atoms. The van der Waals surface area contributed by atoms with Gasteiger partial charge in [0, 0.05) is 66.5 Å². The molecule has 1 amide bonds. The third-order valence-corrected chi connectivity index (χ3v) is 12.9. The van der Waals surface area contributed by atoms with Crippen LogP contribution in [-0.4, -0.2) is 88.8 Å². The number of rotatable bonds is 24. The molecule has 0 bridgehead atoms. The molecule has 1 saturated carbocycles. The van der Waals surface area contributed by atoms with Crippen LogP contribution in [0.4, 0.5) is 5.69 Å². The Kier molecular flexibility index (Phi) is 17.2. The predicted molar refractivity (Wildman–Crippen MR) is 243 cm³/mol. The topological polar surface area (TPSA) is 153 Å². The van der Waals surface area contributed by atoms with Gasteiger partial charge in [0.25, 0.3) is 5.69 Å². The Labute approximate surface area is 369 Å². The lowest BCUT2D eigenvalue weighted by molar-refractivity contribution is -0.384. The van der Waals surface area contributed by atoms with Crippen LogP contribution in [-0.2, 0) is 14.4 Å². The molecule has 332 valence electrons. The van der Waals surface area contributed by atoms with Gasteiger partial charge in [0.2, 0.25) is 11.7 Å². The number of nitrogens with zero attached hydrogens (tertiary/aromatic N) is 3. The summed E-state index contributed by atoms with van der Waals surface area (Å²) in [7, 11) is 0. The van der Waals surface area contributed by atoms with E-state index in [9.17, 15) is 25.1 Å². The van der Waals surface area contributed by atoms with E-state index in [-0.39, 0.29) is 55.6 Å². The Morgan fingerprint density at radius 2 is 1.81 bits per heavy atom. The number of nitro benzene ring substituents is 1. The van der Waals surface area contributed by atoms with Crippen LogP contribution in [0, 0.1) is 27.9 Å². The Balaban J connectivity index is 1.48. The number of ether oxygens (including phenoxy) is 3. The van der Waals surface area contributed by atoms with Crippen LogP contribution < -0.4 is 9.47 Å². The van der Waals surface area contributed by atoms with Gasteiger partial charge in [0.05, 0.1) is 29.8 Å². The van der Waals surface area contributed by atoms with Gasteiger partial charge < -0.3 is 34.2 Å². The van der Waals surface area contributed by atoms with Crippen molar-refractivity contribution < 1.29 is 39.0 Å². The van der Waals surface area contributed by atoms with E-state index in [0.717, 1.165) is 54.0 Å². The third kappa shape index (κ3) is 11.0. The fourth-order valence-corrected chi connectivity index (χ4v) is 10.1. The van der Waals surface area contributed by atoms with Gasteiger partial charge in [-0.15, -0.1) is 18.3 Å². The summed E-state index contributed by atoms with van der Waals surface area (Å²) in [5, 5.41) is 35.9. The average molecular weight is 868 g/mol. The number of unbranched alkanes of at least 4 members (excludes halogenated alkanes) is 2. The van der Waals surface area contributed by atoms with Crippen LogP contribution >= 0.6 is 11.8 Å². The van der Waals surface area contributed by atoms with Crippen molar-refractivity contribution in [1.82, 2.24) is 4.90 Å². The summed E-state index contributed by atoms with van der Waals surface area (Å²) in [5.41, 5.74) is 3.32. The number of carbonyl (C=O) groups is 1. The molecule has 1 aliphatic heterocycles. The number of non-ortho nitro benzene ring substituents is 1. The smallest absolute Gasteiger partial charge is 0.269 e. The number of aliphatic hydroxyl groups excluding tert-OH is 2. The lowest BCUT2D eigenvalue weighted by Crippen LogP contribution is -2.70. The van der Waals surface area contributed by atoms with E-state index >= 15 is 0 Å². The molecule has 3 aliphatic rings. The van der Waals surface area contributed by atoms with Crippen LogP contribution in [0.25, 0.3) is 6.08 Å². The largest absolute Gasteiger partial charge is 0.493 e. The van der Waals surface area contributed by atoms with Crippen LogP contribution in [0.15, 0.2) is 113 Å². The summed E-state index contributed by atoms with van der Waals surface area (Å²) in [6.45, 7) is 9.55. The Morgan fingerprint density at radius 1 is 1.05 bits per heavy atom. The number of amides is 1. The maximum atomic E-state index is 14.6. The highest BCUT2D eigenvalue weighted by molar-refractivity contribution is 7.99. The van der Waals surface area contributed by atoms with E-state index in [1.165, 1.54) is 23.1 Å². The molecule has 0 saturated heterocycles. The molecule has 3 aromatic rings. The standard InChI is InChI=1S/C49H61N3O9S/c1-4-26-51(46(55)25-20-35-18-21-37(22-19-35)52(56)57)45-34-43(50-60-6-3)41-32-36(14-10-12-27-53)40(17-11-13-28-54)47-42-33-38(58-30-31-62-39-15-8-7-9-16-39)23-24-44(42)61-49(45,48(41)47)59-29-5-2/h5,7-9,15-16,18-25,32-33,36,40,45,47-48,53-54H,2,4,6,10-14,17,26-31,34H2,1,3H3. The second kappa shape index (κ2) is 22.9. The third-order valence-electron chi connectivity index (χ3n) is 12.0. The second-order valence-corrected chi connectivity index (χ2v) is 17.1. The summed E-state index contributed by atoms with van der Waals surface area (Å²) in [6, 6.07) is 21.7. The highest BCUT2D eigenvalue weighted by Crippen LogP contribution is 2.62. The molecule has 0 radical (unpaired) electrons. The van der Waals surface area contributed by atoms with Crippen molar-refractivity contribution in [3.05, 3.63) is 124 Å². The molecule has 62 heavy (non-hydrogen) atoms. The molecule has 6 atom stereocenters. The highest BCUT2D eigenvalue weighted by atomic mass is 32.2. The number of fused-ring (bicyclic) bond motifs is 2. The summed E-state index contributed by atoms with van der Waals surface area (Å²) >= 11 is 1.74. The number of nitro groups is 1. The van der Waals surface area contributed by atoms with Crippen LogP contribution in [0.3, 0.4) is 0 Å². The van der Waals surface area contributed by atoms with E-state index in [1.807, 2.05) is 49.1 Å². The van der Waals surface area contributed by atoms with Crippen molar-refractivity contribution >= 4 is 35.1 Å². The van der Waals surface area contributed by atoms with Gasteiger partial charge in [0.15, 0.2) is 0 Å². The first-order chi connectivity index (χ1) is 30.3. The van der Waals surface area contributed by atoms with Gasteiger partial charge in [0.1, 0.15) is 24.1 Å². The molecular formula is C49H61N3O9S. The molecule has 0 aromatic heterocycles. The first kappa shape index (κ1) is 46.6. The average Bonchev–Trinajstić information content (AvgIpc) is 3.29. The summed E-state index contributed by atoms with van der Waals surface area (Å²) in [4.78, 5) is 34.3. The van der Waals surface area contributed by atoms with Crippen LogP contribution in [0.1, 0.15) is 82.3 Å². The SMILES string of the molecule is C=CCOC12Oc3ccc(OCCSc4ccccc4)cc3C3C(CCCCO)C(CCCCO)C=C(C(=NOCC)CC1N(CCC)C(=O)C=Cc1ccc([N+](=O)[O-])cc1)C32. The Hall–Kier alpha value is -4.95. The van der Waals surface area contributed by atoms with E-state index in [4.69, 9.17) is 24.2 Å². The minimum atomic E-state index is -1.38. The fraction of sp³-hybridized carbons (Fsp3) is 0.469. The molecule has 3 aromatic carbocycles. The molecule has 6 rings (SSSR count). The van der Waals surface area contributed by atoms with Crippen LogP contribution in [0.2, 0.25) is 0 Å². The number of aliphatic hydroxyl groups is 2. The molecule has 13 heteroatoms. The molecular weight excluding hydrogens is 807 g/mol. The molecule has 6 unspecified atom stereocenters. The fourth-order valence-electron chi connectivity index (χ4n) is 9.35. The van der Waals surface area contributed by atoms with E-state index in [0.29, 0.717) is 50.3 Å². The minimum Gasteiger partial charge on any atom is -0.493 e. The zero-order valence-corrected chi connectivity index (χ0v) is 36.8. The van der Waals surface area contributed by atoms with Gasteiger partial charge in [-0.2, -0.15) is 0 Å². The van der Waals surface area contributed by atoms with Crippen molar-refractivity contribution in [2.24, 2.45) is 22.9 Å². The number of hydrogen-bond donors (Lipinski definition) is 2. The first-order valence-electron chi connectivity index (χ1n) is 22.0. The molecule has 2 aliphatic carbocycles. The number of allylic oxidation sites excluding steroid dienone is 1. The number of thioether (sulfide) groups is 1. The number of carbonyl (C=O) groups excluding carboxylic acids is 1. The normalized spacial score (nSPS) is 23.2. The summed E-state index contributed by atoms with van der Waals surface area (Å²) in [6.07, 6.45) is 12.8. The van der Waals surface area contributed by atoms with Crippen LogP contribution in [0.5, 0.6) is 11.5 Å². The van der Waals surface area contributed by atoms with E-state index in [1.54, 1.807) is 36.0 Å². The highest BCUT2D eigenvalue weighted by Gasteiger charge is 2.65. The quantitative estimate of drug-likeness (QED) is 0.0222. The van der Waals surface area contributed by atoms with Gasteiger partial charge in [-0.3, -0.25) is 14.9 Å². The lowest BCUT2D eigenvalue weighted by Gasteiger charge is -2.60. The number of hydrogen-bond acceptors (Lipinski definition) is 11. The zero-order valence-electron chi connectivity index (χ0n) is 35.9. The van der Waals surface area contributed by atoms with Gasteiger partial charge in [-0.05, 0) is 111 Å².